The molecular formula is C17H22N8O9. The molecule has 1 aliphatic heterocycles. The molecule has 2 fully saturated rings. The van der Waals surface area contributed by atoms with Gasteiger partial charge >= 0.3 is 0 Å². The predicted molar refractivity (Wildman–Crippen MR) is 108 cm³/mol. The number of anilines is 1. The van der Waals surface area contributed by atoms with E-state index in [-0.39, 0.29) is 23.0 Å². The molecule has 184 valence electrons. The smallest absolute Gasteiger partial charge is 0.295 e. The minimum absolute atomic E-state index is 0.00928. The van der Waals surface area contributed by atoms with Gasteiger partial charge in [-0.1, -0.05) is 19.3 Å². The maximum absolute atomic E-state index is 12.7. The monoisotopic (exact) mass is 482 g/mol. The van der Waals surface area contributed by atoms with Crippen LogP contribution < -0.4 is 11.1 Å². The zero-order valence-electron chi connectivity index (χ0n) is 17.6. The maximum Gasteiger partial charge on any atom is 0.295 e. The van der Waals surface area contributed by atoms with E-state index < -0.39 is 46.7 Å². The van der Waals surface area contributed by atoms with E-state index in [1.54, 1.807) is 0 Å². The molecule has 2 aromatic rings. The number of imidazole rings is 1. The molecule has 0 bridgehead atoms. The summed E-state index contributed by atoms with van der Waals surface area (Å²) in [5, 5.41) is 33.4. The fraction of sp³-hybridized carbons (Fsp3) is 0.647. The van der Waals surface area contributed by atoms with Gasteiger partial charge < -0.3 is 30.6 Å². The Balaban J connectivity index is 1.66. The molecule has 0 aromatic carbocycles. The van der Waals surface area contributed by atoms with Crippen LogP contribution >= 0.6 is 0 Å². The molecule has 34 heavy (non-hydrogen) atoms. The summed E-state index contributed by atoms with van der Waals surface area (Å²) >= 11 is 0. The number of aromatic nitrogens is 4. The summed E-state index contributed by atoms with van der Waals surface area (Å²) in [7, 11) is 0. The largest absolute Gasteiger partial charge is 0.382 e. The molecule has 17 heteroatoms. The lowest BCUT2D eigenvalue weighted by Crippen LogP contribution is -2.51. The number of aliphatic hydroxyl groups is 1. The highest BCUT2D eigenvalue weighted by atomic mass is 17.0. The van der Waals surface area contributed by atoms with E-state index in [9.17, 15) is 30.1 Å². The number of aliphatic hydroxyl groups excluding tert-OH is 1. The fourth-order valence-electron chi connectivity index (χ4n) is 4.31. The number of carbonyl (C=O) groups is 1. The first-order chi connectivity index (χ1) is 16.3. The highest BCUT2D eigenvalue weighted by molar-refractivity contribution is 5.82. The van der Waals surface area contributed by atoms with Gasteiger partial charge in [0.25, 0.3) is 16.1 Å². The van der Waals surface area contributed by atoms with Crippen molar-refractivity contribution in [2.24, 2.45) is 0 Å². The lowest BCUT2D eigenvalue weighted by molar-refractivity contribution is -0.798. The standard InChI is InChI=1S/C17H22N8O9/c18-14-9-15(20-6-19-14)23(7-21-9)17-13(34-25(30)31)12(33-24(28)29)11(32-17)10(26)16(27)22-8-4-2-1-3-5-8/h6-8,10-13,17,26H,1-5H2,(H,22,27)(H2,18,19,20)/t10?,11-,12-,13-,17-/m1/s1. The topological polar surface area (TPSA) is 233 Å². The van der Waals surface area contributed by atoms with Gasteiger partial charge in [-0.25, -0.2) is 15.0 Å². The number of ether oxygens (including phenoxy) is 1. The van der Waals surface area contributed by atoms with Crippen LogP contribution in [0.1, 0.15) is 38.3 Å². The molecule has 2 aliphatic rings. The van der Waals surface area contributed by atoms with Gasteiger partial charge in [-0.2, -0.15) is 0 Å². The van der Waals surface area contributed by atoms with E-state index in [4.69, 9.17) is 10.5 Å². The number of carbonyl (C=O) groups excluding carboxylic acids is 1. The van der Waals surface area contributed by atoms with Gasteiger partial charge in [-0.05, 0) is 12.8 Å². The first-order valence-electron chi connectivity index (χ1n) is 10.5. The maximum atomic E-state index is 12.7. The molecule has 0 spiro atoms. The second kappa shape index (κ2) is 9.56. The zero-order valence-corrected chi connectivity index (χ0v) is 17.6. The van der Waals surface area contributed by atoms with Crippen LogP contribution in [0.5, 0.6) is 0 Å². The van der Waals surface area contributed by atoms with Gasteiger partial charge in [-0.15, -0.1) is 20.2 Å². The number of nitrogens with one attached hydrogen (secondary N) is 1. The molecule has 3 heterocycles. The Morgan fingerprint density at radius 3 is 2.53 bits per heavy atom. The van der Waals surface area contributed by atoms with Crippen molar-refractivity contribution in [1.82, 2.24) is 24.8 Å². The van der Waals surface area contributed by atoms with Crippen molar-refractivity contribution in [3.8, 4) is 0 Å². The van der Waals surface area contributed by atoms with Crippen molar-refractivity contribution in [3.05, 3.63) is 32.9 Å². The van der Waals surface area contributed by atoms with Gasteiger partial charge in [-0.3, -0.25) is 9.36 Å². The summed E-state index contributed by atoms with van der Waals surface area (Å²) in [5.41, 5.74) is 5.98. The Hall–Kier alpha value is -3.86. The second-order valence-electron chi connectivity index (χ2n) is 7.95. The van der Waals surface area contributed by atoms with Crippen molar-refractivity contribution in [1.29, 1.82) is 0 Å². The summed E-state index contributed by atoms with van der Waals surface area (Å²) in [4.78, 5) is 56.1. The highest BCUT2D eigenvalue weighted by Gasteiger charge is 2.55. The normalized spacial score (nSPS) is 26.1. The van der Waals surface area contributed by atoms with Crippen LogP contribution in [0, 0.1) is 20.2 Å². The van der Waals surface area contributed by atoms with Gasteiger partial charge in [0.1, 0.15) is 17.9 Å². The number of rotatable bonds is 8. The molecule has 1 saturated carbocycles. The van der Waals surface area contributed by atoms with Crippen LogP contribution in [0.3, 0.4) is 0 Å². The number of hydrogen-bond acceptors (Lipinski definition) is 13. The van der Waals surface area contributed by atoms with Crippen molar-refractivity contribution < 1.29 is 34.5 Å². The number of fused-ring (bicyclic) bond motifs is 1. The third-order valence-corrected chi connectivity index (χ3v) is 5.83. The average Bonchev–Trinajstić information content (AvgIpc) is 3.36. The van der Waals surface area contributed by atoms with Crippen molar-refractivity contribution >= 4 is 22.9 Å². The molecule has 4 N–H and O–H groups in total. The number of nitrogens with two attached hydrogens (primary N) is 1. The fourth-order valence-corrected chi connectivity index (χ4v) is 4.31. The lowest BCUT2D eigenvalue weighted by Gasteiger charge is -2.27. The minimum atomic E-state index is -1.95. The third-order valence-electron chi connectivity index (χ3n) is 5.83. The minimum Gasteiger partial charge on any atom is -0.382 e. The Labute approximate surface area is 190 Å². The summed E-state index contributed by atoms with van der Waals surface area (Å²) in [5.74, 6) is -0.841. The van der Waals surface area contributed by atoms with Crippen molar-refractivity contribution in [2.75, 3.05) is 5.73 Å². The van der Waals surface area contributed by atoms with Crippen LogP contribution in [0.25, 0.3) is 11.2 Å². The third kappa shape index (κ3) is 4.60. The molecule has 5 atom stereocenters. The van der Waals surface area contributed by atoms with E-state index >= 15 is 0 Å². The average molecular weight is 482 g/mol. The Morgan fingerprint density at radius 1 is 1.18 bits per heavy atom. The number of nitrogens with zero attached hydrogens (tertiary/aromatic N) is 6. The van der Waals surface area contributed by atoms with Crippen LogP contribution in [0.4, 0.5) is 5.82 Å². The Kier molecular flexibility index (Phi) is 6.55. The highest BCUT2D eigenvalue weighted by Crippen LogP contribution is 2.37. The van der Waals surface area contributed by atoms with Gasteiger partial charge in [0.2, 0.25) is 0 Å². The summed E-state index contributed by atoms with van der Waals surface area (Å²) in [6.45, 7) is 0. The quantitative estimate of drug-likeness (QED) is 0.311. The number of nitrogen functional groups attached to an aromatic ring is 1. The van der Waals surface area contributed by atoms with E-state index in [1.165, 1.54) is 4.57 Å². The molecule has 1 saturated heterocycles. The first kappa shape index (κ1) is 23.3. The van der Waals surface area contributed by atoms with E-state index in [0.29, 0.717) is 0 Å². The summed E-state index contributed by atoms with van der Waals surface area (Å²) in [6.07, 6.45) is -2.17. The second-order valence-corrected chi connectivity index (χ2v) is 7.95. The van der Waals surface area contributed by atoms with Gasteiger partial charge in [0, 0.05) is 6.04 Å². The van der Waals surface area contributed by atoms with Gasteiger partial charge in [0.05, 0.1) is 6.33 Å². The van der Waals surface area contributed by atoms with Crippen LogP contribution in [-0.2, 0) is 19.2 Å². The molecule has 1 unspecified atom stereocenters. The molecule has 0 radical (unpaired) electrons. The van der Waals surface area contributed by atoms with Crippen molar-refractivity contribution in [3.63, 3.8) is 0 Å². The van der Waals surface area contributed by atoms with Crippen molar-refractivity contribution in [2.45, 2.75) is 68.8 Å². The molecular weight excluding hydrogens is 460 g/mol. The van der Waals surface area contributed by atoms with Crippen LogP contribution in [0.15, 0.2) is 12.7 Å². The van der Waals surface area contributed by atoms with Gasteiger partial charge in [0.15, 0.2) is 36.0 Å². The van der Waals surface area contributed by atoms with E-state index in [0.717, 1.165) is 44.8 Å². The Morgan fingerprint density at radius 2 is 1.85 bits per heavy atom. The number of amides is 1. The molecule has 17 nitrogen and oxygen atoms in total. The zero-order chi connectivity index (χ0) is 24.4. The summed E-state index contributed by atoms with van der Waals surface area (Å²) < 4.78 is 6.88. The lowest BCUT2D eigenvalue weighted by atomic mass is 9.95. The molecule has 1 aliphatic carbocycles. The Bertz CT molecular complexity index is 1070. The summed E-state index contributed by atoms with van der Waals surface area (Å²) in [6, 6.07) is -0.175. The molecule has 4 rings (SSSR count). The van der Waals surface area contributed by atoms with E-state index in [1.807, 2.05) is 0 Å². The predicted octanol–water partition coefficient (Wildman–Crippen LogP) is -0.730. The molecule has 1 amide bonds. The number of hydrogen-bond donors (Lipinski definition) is 3. The van der Waals surface area contributed by atoms with Crippen LogP contribution in [0.2, 0.25) is 0 Å². The van der Waals surface area contributed by atoms with E-state index in [2.05, 4.69) is 29.9 Å². The van der Waals surface area contributed by atoms with Crippen LogP contribution in [-0.4, -0.2) is 71.2 Å². The molecule has 2 aromatic heterocycles. The first-order valence-corrected chi connectivity index (χ1v) is 10.5. The SMILES string of the molecule is Nc1ncnc2c1ncn2[C@@H]1O[C@H](C(O)C(=O)NC2CCCCC2)[C@@H](O[N+](=O)[O-])[C@H]1O[N+](=O)[O-].